The lowest BCUT2D eigenvalue weighted by atomic mass is 9.84. The smallest absolute Gasteiger partial charge is 0.0395 e. The van der Waals surface area contributed by atoms with Crippen molar-refractivity contribution < 1.29 is 0 Å². The van der Waals surface area contributed by atoms with E-state index in [0.717, 1.165) is 24.2 Å². The minimum atomic E-state index is 0.300. The molecule has 17 heavy (non-hydrogen) atoms. The van der Waals surface area contributed by atoms with Crippen LogP contribution in [0.15, 0.2) is 11.4 Å². The molecule has 0 spiro atoms. The molecule has 1 aromatic rings. The molecule has 1 aromatic heterocycles. The Balaban J connectivity index is 1.65. The second kappa shape index (κ2) is 4.74. The SMILES string of the molecule is CCc1ccsc1C(N)CC1CC2CCC1C2. The van der Waals surface area contributed by atoms with Gasteiger partial charge in [-0.1, -0.05) is 13.3 Å². The molecule has 2 saturated carbocycles. The normalized spacial score (nSPS) is 33.2. The van der Waals surface area contributed by atoms with Crippen LogP contribution in [-0.4, -0.2) is 0 Å². The average Bonchev–Trinajstić information content (AvgIpc) is 3.04. The lowest BCUT2D eigenvalue weighted by molar-refractivity contribution is 0.297. The third-order valence-electron chi connectivity index (χ3n) is 4.94. The summed E-state index contributed by atoms with van der Waals surface area (Å²) in [5, 5.41) is 2.20. The molecule has 2 heteroatoms. The van der Waals surface area contributed by atoms with Gasteiger partial charge in [-0.25, -0.2) is 0 Å². The summed E-state index contributed by atoms with van der Waals surface area (Å²) >= 11 is 1.86. The second-order valence-electron chi connectivity index (χ2n) is 5.94. The van der Waals surface area contributed by atoms with Crippen LogP contribution in [0.25, 0.3) is 0 Å². The lowest BCUT2D eigenvalue weighted by Crippen LogP contribution is -2.19. The zero-order valence-electron chi connectivity index (χ0n) is 10.7. The fourth-order valence-electron chi connectivity index (χ4n) is 4.06. The van der Waals surface area contributed by atoms with E-state index in [1.807, 2.05) is 11.3 Å². The molecule has 1 heterocycles. The molecule has 2 bridgehead atoms. The molecule has 94 valence electrons. The van der Waals surface area contributed by atoms with Crippen LogP contribution in [0.4, 0.5) is 0 Å². The zero-order valence-corrected chi connectivity index (χ0v) is 11.5. The van der Waals surface area contributed by atoms with Crippen molar-refractivity contribution in [3.8, 4) is 0 Å². The second-order valence-corrected chi connectivity index (χ2v) is 6.89. The molecule has 0 aliphatic heterocycles. The maximum Gasteiger partial charge on any atom is 0.0395 e. The van der Waals surface area contributed by atoms with Crippen LogP contribution in [0.5, 0.6) is 0 Å². The number of hydrogen-bond donors (Lipinski definition) is 1. The Bertz CT molecular complexity index is 384. The molecule has 4 atom stereocenters. The van der Waals surface area contributed by atoms with Crippen molar-refractivity contribution in [2.75, 3.05) is 0 Å². The lowest BCUT2D eigenvalue weighted by Gasteiger charge is -2.24. The van der Waals surface area contributed by atoms with Gasteiger partial charge in [-0.15, -0.1) is 11.3 Å². The molecule has 1 nitrogen and oxygen atoms in total. The van der Waals surface area contributed by atoms with Crippen molar-refractivity contribution in [1.29, 1.82) is 0 Å². The van der Waals surface area contributed by atoms with Crippen molar-refractivity contribution in [3.05, 3.63) is 21.9 Å². The van der Waals surface area contributed by atoms with E-state index in [2.05, 4.69) is 18.4 Å². The summed E-state index contributed by atoms with van der Waals surface area (Å²) in [5.41, 5.74) is 7.92. The fraction of sp³-hybridized carbons (Fsp3) is 0.733. The van der Waals surface area contributed by atoms with E-state index in [1.165, 1.54) is 42.5 Å². The van der Waals surface area contributed by atoms with Crippen molar-refractivity contribution in [2.45, 2.75) is 51.5 Å². The minimum Gasteiger partial charge on any atom is -0.323 e. The molecular weight excluding hydrogens is 226 g/mol. The Morgan fingerprint density at radius 2 is 2.29 bits per heavy atom. The zero-order chi connectivity index (χ0) is 11.8. The molecule has 4 unspecified atom stereocenters. The summed E-state index contributed by atoms with van der Waals surface area (Å²) in [6.07, 6.45) is 8.30. The van der Waals surface area contributed by atoms with Gasteiger partial charge in [0.1, 0.15) is 0 Å². The van der Waals surface area contributed by atoms with Crippen LogP contribution in [0.2, 0.25) is 0 Å². The molecule has 2 N–H and O–H groups in total. The minimum absolute atomic E-state index is 0.300. The molecule has 0 aromatic carbocycles. The molecule has 0 radical (unpaired) electrons. The maximum atomic E-state index is 6.44. The number of nitrogens with two attached hydrogens (primary N) is 1. The largest absolute Gasteiger partial charge is 0.323 e. The first-order valence-corrected chi connectivity index (χ1v) is 7.97. The van der Waals surface area contributed by atoms with Crippen molar-refractivity contribution >= 4 is 11.3 Å². The van der Waals surface area contributed by atoms with E-state index in [9.17, 15) is 0 Å². The molecule has 3 rings (SSSR count). The number of fused-ring (bicyclic) bond motifs is 2. The van der Waals surface area contributed by atoms with Crippen LogP contribution >= 0.6 is 11.3 Å². The molecule has 0 amide bonds. The number of aryl methyl sites for hydroxylation is 1. The summed E-state index contributed by atoms with van der Waals surface area (Å²) in [5.74, 6) is 2.98. The Kier molecular flexibility index (Phi) is 3.27. The highest BCUT2D eigenvalue weighted by Crippen LogP contribution is 2.51. The van der Waals surface area contributed by atoms with Gasteiger partial charge in [-0.3, -0.25) is 0 Å². The van der Waals surface area contributed by atoms with E-state index in [1.54, 1.807) is 0 Å². The molecule has 0 saturated heterocycles. The van der Waals surface area contributed by atoms with Crippen molar-refractivity contribution in [1.82, 2.24) is 0 Å². The summed E-state index contributed by atoms with van der Waals surface area (Å²) in [7, 11) is 0. The van der Waals surface area contributed by atoms with Gasteiger partial charge in [-0.05, 0) is 66.9 Å². The predicted octanol–water partition coefficient (Wildman–Crippen LogP) is 4.14. The summed E-state index contributed by atoms with van der Waals surface area (Å²) in [4.78, 5) is 1.45. The maximum absolute atomic E-state index is 6.44. The van der Waals surface area contributed by atoms with Crippen molar-refractivity contribution in [2.24, 2.45) is 23.5 Å². The fourth-order valence-corrected chi connectivity index (χ4v) is 5.08. The van der Waals surface area contributed by atoms with Gasteiger partial charge in [0.2, 0.25) is 0 Å². The molecule has 2 fully saturated rings. The van der Waals surface area contributed by atoms with Crippen LogP contribution in [-0.2, 0) is 6.42 Å². The quantitative estimate of drug-likeness (QED) is 0.853. The summed E-state index contributed by atoms with van der Waals surface area (Å²) in [6.45, 7) is 2.23. The van der Waals surface area contributed by atoms with Crippen LogP contribution in [0, 0.1) is 17.8 Å². The van der Waals surface area contributed by atoms with Gasteiger partial charge < -0.3 is 5.73 Å². The highest BCUT2D eigenvalue weighted by atomic mass is 32.1. The first-order valence-electron chi connectivity index (χ1n) is 7.09. The van der Waals surface area contributed by atoms with E-state index >= 15 is 0 Å². The first-order chi connectivity index (χ1) is 8.28. The Morgan fingerprint density at radius 3 is 2.94 bits per heavy atom. The van der Waals surface area contributed by atoms with Gasteiger partial charge in [-0.2, -0.15) is 0 Å². The highest BCUT2D eigenvalue weighted by molar-refractivity contribution is 7.10. The number of hydrogen-bond acceptors (Lipinski definition) is 2. The van der Waals surface area contributed by atoms with E-state index in [0.29, 0.717) is 6.04 Å². The predicted molar refractivity (Wildman–Crippen MR) is 74.2 cm³/mol. The highest BCUT2D eigenvalue weighted by Gasteiger charge is 2.40. The van der Waals surface area contributed by atoms with E-state index in [4.69, 9.17) is 5.73 Å². The first kappa shape index (κ1) is 11.7. The van der Waals surface area contributed by atoms with E-state index < -0.39 is 0 Å². The van der Waals surface area contributed by atoms with E-state index in [-0.39, 0.29) is 0 Å². The summed E-state index contributed by atoms with van der Waals surface area (Å²) < 4.78 is 0. The Morgan fingerprint density at radius 1 is 1.41 bits per heavy atom. The van der Waals surface area contributed by atoms with Gasteiger partial charge in [0, 0.05) is 10.9 Å². The third kappa shape index (κ3) is 2.17. The monoisotopic (exact) mass is 249 g/mol. The van der Waals surface area contributed by atoms with Gasteiger partial charge in [0.15, 0.2) is 0 Å². The average molecular weight is 249 g/mol. The molecule has 2 aliphatic rings. The Hall–Kier alpha value is -0.340. The van der Waals surface area contributed by atoms with Crippen molar-refractivity contribution in [3.63, 3.8) is 0 Å². The number of rotatable bonds is 4. The molecular formula is C15H23NS. The topological polar surface area (TPSA) is 26.0 Å². The number of thiophene rings is 1. The van der Waals surface area contributed by atoms with Gasteiger partial charge in [0.25, 0.3) is 0 Å². The van der Waals surface area contributed by atoms with Crippen LogP contribution in [0.1, 0.15) is 55.5 Å². The Labute approximate surface area is 108 Å². The van der Waals surface area contributed by atoms with Crippen LogP contribution in [0.3, 0.4) is 0 Å². The summed E-state index contributed by atoms with van der Waals surface area (Å²) in [6, 6.07) is 2.55. The molecule has 2 aliphatic carbocycles. The van der Waals surface area contributed by atoms with Crippen LogP contribution < -0.4 is 5.73 Å². The van der Waals surface area contributed by atoms with Gasteiger partial charge in [0.05, 0.1) is 0 Å². The third-order valence-corrected chi connectivity index (χ3v) is 6.03. The standard InChI is InChI=1S/C15H23NS/c1-2-11-5-6-17-15(11)14(16)9-13-8-10-3-4-12(13)7-10/h5-6,10,12-14H,2-4,7-9,16H2,1H3. The van der Waals surface area contributed by atoms with Gasteiger partial charge >= 0.3 is 0 Å².